The third-order valence-electron chi connectivity index (χ3n) is 16.1. The number of primary amides is 1. The molecule has 3 aliphatic rings. The van der Waals surface area contributed by atoms with Crippen LogP contribution in [0.5, 0.6) is 0 Å². The highest BCUT2D eigenvalue weighted by molar-refractivity contribution is 9.09. The number of carbonyl (C=O) groups excluding carboxylic acids is 8. The van der Waals surface area contributed by atoms with Crippen LogP contribution >= 0.6 is 43.5 Å². The van der Waals surface area contributed by atoms with Gasteiger partial charge in [-0.2, -0.15) is 0 Å². The lowest BCUT2D eigenvalue weighted by Gasteiger charge is -2.41. The first-order valence-electron chi connectivity index (χ1n) is 28.4. The number of halogens is 3. The zero-order valence-electron chi connectivity index (χ0n) is 48.8. The largest absolute Gasteiger partial charge is 0.462 e. The van der Waals surface area contributed by atoms with E-state index < -0.39 is 83.4 Å². The number of nitrogens with two attached hydrogens (primary N) is 1. The third kappa shape index (κ3) is 19.0. The zero-order valence-corrected chi connectivity index (χ0v) is 52.8. The van der Waals surface area contributed by atoms with Gasteiger partial charge in [0.15, 0.2) is 5.78 Å². The molecule has 5 rings (SSSR count). The highest BCUT2D eigenvalue weighted by Gasteiger charge is 2.64. The van der Waals surface area contributed by atoms with Gasteiger partial charge in [-0.25, -0.2) is 9.59 Å². The minimum Gasteiger partial charge on any atom is -0.462 e. The summed E-state index contributed by atoms with van der Waals surface area (Å²) in [5, 5.41) is 21.8. The number of amides is 5. The van der Waals surface area contributed by atoms with Crippen molar-refractivity contribution in [2.24, 2.45) is 29.4 Å². The van der Waals surface area contributed by atoms with Crippen LogP contribution in [0.2, 0.25) is 5.02 Å². The fraction of sp³-hybridized carbons (Fsp3) is 0.607. The van der Waals surface area contributed by atoms with Crippen molar-refractivity contribution in [2.45, 2.75) is 180 Å². The number of benzene rings is 2. The predicted octanol–water partition coefficient (Wildman–Crippen LogP) is 9.82. The van der Waals surface area contributed by atoms with E-state index in [1.54, 1.807) is 51.2 Å². The molecule has 4 bridgehead atoms. The van der Waals surface area contributed by atoms with E-state index in [1.165, 1.54) is 12.0 Å². The van der Waals surface area contributed by atoms with Gasteiger partial charge < -0.3 is 45.3 Å². The molecule has 2 aromatic rings. The number of carbonyl (C=O) groups is 8. The Kier molecular flexibility index (Phi) is 25.8. The van der Waals surface area contributed by atoms with Crippen molar-refractivity contribution in [1.29, 1.82) is 0 Å². The average Bonchev–Trinajstić information content (AvgIpc) is 2.10. The molecule has 0 aliphatic carbocycles. The van der Waals surface area contributed by atoms with Gasteiger partial charge in [0.25, 0.3) is 0 Å². The quantitative estimate of drug-likeness (QED) is 0.0269. The van der Waals surface area contributed by atoms with Gasteiger partial charge in [0.1, 0.15) is 41.1 Å². The predicted molar refractivity (Wildman–Crippen MR) is 322 cm³/mol. The van der Waals surface area contributed by atoms with Gasteiger partial charge in [-0.15, -0.1) is 0 Å². The summed E-state index contributed by atoms with van der Waals surface area (Å²) < 4.78 is 24.1. The maximum Gasteiger partial charge on any atom is 0.412 e. The summed E-state index contributed by atoms with van der Waals surface area (Å²) in [6, 6.07) is 7.06. The van der Waals surface area contributed by atoms with Crippen LogP contribution in [0.3, 0.4) is 0 Å². The molecular formula is C61H84Br2ClN5O13. The first-order chi connectivity index (χ1) is 38.7. The van der Waals surface area contributed by atoms with E-state index in [1.807, 2.05) is 52.8 Å². The van der Waals surface area contributed by atoms with Crippen molar-refractivity contribution >= 4 is 102 Å². The number of ketones is 3. The van der Waals surface area contributed by atoms with Gasteiger partial charge >= 0.3 is 18.1 Å². The molecule has 21 heteroatoms. The summed E-state index contributed by atoms with van der Waals surface area (Å²) in [5.41, 5.74) is 7.04. The summed E-state index contributed by atoms with van der Waals surface area (Å²) in [4.78, 5) is 108. The van der Waals surface area contributed by atoms with Gasteiger partial charge in [0.2, 0.25) is 11.8 Å². The van der Waals surface area contributed by atoms with Crippen molar-refractivity contribution in [3.63, 3.8) is 0 Å². The molecule has 0 radical (unpaired) electrons. The number of fused-ring (bicyclic) bond motifs is 5. The fourth-order valence-electron chi connectivity index (χ4n) is 10.9. The minimum atomic E-state index is -1.62. The average molecular weight is 1290 g/mol. The molecule has 0 spiro atoms. The van der Waals surface area contributed by atoms with Gasteiger partial charge in [0, 0.05) is 86.9 Å². The molecule has 82 heavy (non-hydrogen) atoms. The second-order valence-corrected chi connectivity index (χ2v) is 24.7. The van der Waals surface area contributed by atoms with Crippen molar-refractivity contribution < 1.29 is 62.4 Å². The second kappa shape index (κ2) is 31.2. The number of ether oxygens (including phenoxy) is 4. The smallest absolute Gasteiger partial charge is 0.412 e. The van der Waals surface area contributed by atoms with E-state index in [4.69, 9.17) is 36.3 Å². The first-order valence-corrected chi connectivity index (χ1v) is 31.0. The molecule has 6 N–H and O–H groups in total. The van der Waals surface area contributed by atoms with Gasteiger partial charge in [-0.3, -0.25) is 34.1 Å². The molecule has 18 nitrogen and oxygen atoms in total. The number of unbranched alkanes of at least 4 members (excludes halogenated alkanes) is 3. The fourth-order valence-corrected chi connectivity index (χ4v) is 13.0. The number of hydrogen-bond donors (Lipinski definition) is 5. The maximum atomic E-state index is 14.4. The number of hydrogen-bond acceptors (Lipinski definition) is 13. The first kappa shape index (κ1) is 67.8. The molecule has 0 unspecified atom stereocenters. The van der Waals surface area contributed by atoms with E-state index in [-0.39, 0.29) is 74.3 Å². The number of nitrogens with one attached hydrogen (secondary N) is 3. The third-order valence-corrected chi connectivity index (χ3v) is 18.2. The van der Waals surface area contributed by atoms with E-state index in [9.17, 15) is 43.5 Å². The molecule has 2 aromatic carbocycles. The van der Waals surface area contributed by atoms with E-state index in [2.05, 4.69) is 47.8 Å². The number of epoxide rings is 1. The van der Waals surface area contributed by atoms with Gasteiger partial charge in [-0.1, -0.05) is 113 Å². The minimum absolute atomic E-state index is 0.0119. The molecular weight excluding hydrogens is 1210 g/mol. The molecule has 0 saturated carbocycles. The number of methoxy groups -OCH3 is 1. The SMILES string of the molecule is CO[C@@H]1/C=C/C=C(\C)Cc2cc(C)c(Cl)c(c2)N(C)C(=O)C[C@H](OC(=O)Nc2ccc(CC(=O)[C@H](CCCNC(N)=O)NC(=O)[C@@H](CC(=O)CCCCCCC(=O)C(CBr)CBr)C(C)C)c(C)c2)[C@]2(C)O[C@H]2[C@H](C)[C@@H]2C[C@@]1(O)CC(=O)O2. The molecule has 3 aliphatic heterocycles. The number of urea groups is 1. The summed E-state index contributed by atoms with van der Waals surface area (Å²) in [6.45, 7) is 13.0. The number of allylic oxidation sites excluding steroid dienone is 3. The topological polar surface area (TPSA) is 262 Å². The Balaban J connectivity index is 1.30. The standard InChI is InChI=1S/C61H84Br2ClN5O13/c1-35(2)45(29-44(70)17-12-10-11-13-19-48(71)42(33-62)34-63)57(75)68-46(18-15-23-66-58(65)76)49(72)28-41-21-22-43(26-37(41)4)67-59(77)81-52-30-53(73)69(8)47-27-40(25-38(5)55(47)64)24-36(3)16-14-20-51(79-9)61(78)31-50(80-54(74)32-61)39(6)56-60(52,7)82-56/h14,16,20-22,25-27,35,39,42,45-46,50-52,56,78H,10-13,15,17-19,23-24,28-34H2,1-9H3,(H,67,77)(H,68,75)(H3,65,66,76)/b20-14+,36-16+/t39-,45+,46+,50+,51-,52+,56+,60+,61-/m1/s1. The number of Topliss-reactive ketones (excluding diaryl/α,β-unsaturated/α-hetero) is 3. The van der Waals surface area contributed by atoms with Gasteiger partial charge in [-0.05, 0) is 106 Å². The summed E-state index contributed by atoms with van der Waals surface area (Å²) in [6.07, 6.45) is 5.03. The second-order valence-electron chi connectivity index (χ2n) is 23.0. The van der Waals surface area contributed by atoms with Crippen LogP contribution < -0.4 is 26.6 Å². The van der Waals surface area contributed by atoms with Crippen LogP contribution in [-0.4, -0.2) is 125 Å². The molecule has 2 saturated heterocycles. The van der Waals surface area contributed by atoms with Crippen molar-refractivity contribution in [1.82, 2.24) is 10.6 Å². The number of anilines is 2. The van der Waals surface area contributed by atoms with Crippen LogP contribution in [0.25, 0.3) is 0 Å². The van der Waals surface area contributed by atoms with E-state index in [0.717, 1.165) is 36.0 Å². The lowest BCUT2D eigenvalue weighted by molar-refractivity contribution is -0.187. The Labute approximate surface area is 504 Å². The van der Waals surface area contributed by atoms with Crippen LogP contribution in [0.1, 0.15) is 134 Å². The number of aliphatic hydroxyl groups is 1. The zero-order chi connectivity index (χ0) is 60.6. The number of alkyl halides is 2. The molecule has 9 atom stereocenters. The molecule has 3 heterocycles. The number of esters is 1. The lowest BCUT2D eigenvalue weighted by atomic mass is 9.78. The summed E-state index contributed by atoms with van der Waals surface area (Å²) in [7, 11) is 3.07. The van der Waals surface area contributed by atoms with Crippen molar-refractivity contribution in [2.75, 3.05) is 41.6 Å². The Morgan fingerprint density at radius 1 is 0.963 bits per heavy atom. The van der Waals surface area contributed by atoms with Crippen LogP contribution in [-0.2, 0) is 60.6 Å². The highest BCUT2D eigenvalue weighted by atomic mass is 79.9. The van der Waals surface area contributed by atoms with Crippen molar-refractivity contribution in [3.8, 4) is 0 Å². The summed E-state index contributed by atoms with van der Waals surface area (Å²) >= 11 is 13.6. The number of aryl methyl sites for hydroxylation is 2. The Morgan fingerprint density at radius 2 is 1.66 bits per heavy atom. The monoisotopic (exact) mass is 1290 g/mol. The molecule has 0 aromatic heterocycles. The Morgan fingerprint density at radius 3 is 2.30 bits per heavy atom. The maximum absolute atomic E-state index is 14.4. The summed E-state index contributed by atoms with van der Waals surface area (Å²) in [5.74, 6) is -3.13. The van der Waals surface area contributed by atoms with Crippen LogP contribution in [0, 0.1) is 37.5 Å². The molecule has 2 fully saturated rings. The molecule has 452 valence electrons. The van der Waals surface area contributed by atoms with E-state index in [0.29, 0.717) is 70.3 Å². The molecule has 5 amide bonds. The number of rotatable bonds is 25. The van der Waals surface area contributed by atoms with Crippen LogP contribution in [0.4, 0.5) is 21.0 Å². The normalized spacial score (nSPS) is 24.7. The highest BCUT2D eigenvalue weighted by Crippen LogP contribution is 2.50. The Bertz CT molecular complexity index is 2700. The number of nitrogens with zero attached hydrogens (tertiary/aromatic N) is 1. The van der Waals surface area contributed by atoms with Gasteiger partial charge in [0.05, 0.1) is 35.7 Å². The van der Waals surface area contributed by atoms with Crippen molar-refractivity contribution in [3.05, 3.63) is 81.4 Å². The van der Waals surface area contributed by atoms with Crippen LogP contribution in [0.15, 0.2) is 54.1 Å². The Hall–Kier alpha value is -4.99. The van der Waals surface area contributed by atoms with E-state index >= 15 is 0 Å². The lowest BCUT2D eigenvalue weighted by Crippen LogP contribution is -2.53.